The third-order valence-electron chi connectivity index (χ3n) is 4.96. The number of hydrogen-bond donors (Lipinski definition) is 2. The van der Waals surface area contributed by atoms with E-state index in [1.807, 2.05) is 0 Å². The maximum absolute atomic E-state index is 12.4. The molecule has 1 saturated carbocycles. The molecule has 0 radical (unpaired) electrons. The molecule has 142 valence electrons. The lowest BCUT2D eigenvalue weighted by molar-refractivity contribution is 0.0859. The summed E-state index contributed by atoms with van der Waals surface area (Å²) >= 11 is 0. The predicted octanol–water partition coefficient (Wildman–Crippen LogP) is 2.18. The first-order valence-electron chi connectivity index (χ1n) is 9.47. The van der Waals surface area contributed by atoms with Crippen molar-refractivity contribution in [1.29, 1.82) is 0 Å². The van der Waals surface area contributed by atoms with Crippen LogP contribution in [0.3, 0.4) is 0 Å². The third kappa shape index (κ3) is 4.83. The van der Waals surface area contributed by atoms with E-state index in [-0.39, 0.29) is 18.0 Å². The molecule has 8 heteroatoms. The van der Waals surface area contributed by atoms with Gasteiger partial charge in [0.25, 0.3) is 5.91 Å². The Morgan fingerprint density at radius 3 is 2.38 bits per heavy atom. The zero-order valence-corrected chi connectivity index (χ0v) is 15.2. The molecular formula is C18H27N5O3. The Hall–Kier alpha value is -2.38. The van der Waals surface area contributed by atoms with Crippen molar-refractivity contribution >= 4 is 17.9 Å². The highest BCUT2D eigenvalue weighted by atomic mass is 16.6. The SMILES string of the molecule is CCOC(=O)N1CCC(NC(=O)c2cnc(NC3CCCC3)nc2)CC1. The molecule has 2 amide bonds. The summed E-state index contributed by atoms with van der Waals surface area (Å²) in [5.41, 5.74) is 0.454. The minimum atomic E-state index is -0.281. The average molecular weight is 361 g/mol. The maximum Gasteiger partial charge on any atom is 0.409 e. The van der Waals surface area contributed by atoms with E-state index < -0.39 is 0 Å². The molecule has 1 aliphatic heterocycles. The van der Waals surface area contributed by atoms with Crippen LogP contribution >= 0.6 is 0 Å². The second-order valence-corrected chi connectivity index (χ2v) is 6.85. The van der Waals surface area contributed by atoms with Gasteiger partial charge in [0.2, 0.25) is 5.95 Å². The van der Waals surface area contributed by atoms with Gasteiger partial charge in [-0.3, -0.25) is 4.79 Å². The van der Waals surface area contributed by atoms with Crippen molar-refractivity contribution in [3.8, 4) is 0 Å². The molecule has 2 N–H and O–H groups in total. The van der Waals surface area contributed by atoms with Crippen molar-refractivity contribution in [2.24, 2.45) is 0 Å². The summed E-state index contributed by atoms with van der Waals surface area (Å²) in [6.45, 7) is 3.34. The molecular weight excluding hydrogens is 334 g/mol. The molecule has 1 aromatic heterocycles. The number of anilines is 1. The van der Waals surface area contributed by atoms with Gasteiger partial charge in [-0.15, -0.1) is 0 Å². The van der Waals surface area contributed by atoms with E-state index in [4.69, 9.17) is 4.74 Å². The Balaban J connectivity index is 1.45. The van der Waals surface area contributed by atoms with Gasteiger partial charge in [-0.2, -0.15) is 0 Å². The average Bonchev–Trinajstić information content (AvgIpc) is 3.16. The summed E-state index contributed by atoms with van der Waals surface area (Å²) in [5, 5.41) is 6.31. The molecule has 1 saturated heterocycles. The van der Waals surface area contributed by atoms with Crippen LogP contribution in [0.2, 0.25) is 0 Å². The van der Waals surface area contributed by atoms with E-state index in [2.05, 4.69) is 20.6 Å². The minimum Gasteiger partial charge on any atom is -0.450 e. The highest BCUT2D eigenvalue weighted by molar-refractivity contribution is 5.93. The first kappa shape index (κ1) is 18.4. The van der Waals surface area contributed by atoms with Crippen molar-refractivity contribution in [1.82, 2.24) is 20.2 Å². The standard InChI is InChI=1S/C18H27N5O3/c1-2-26-18(25)23-9-7-15(8-10-23)21-16(24)13-11-19-17(20-12-13)22-14-5-3-4-6-14/h11-12,14-15H,2-10H2,1H3,(H,21,24)(H,19,20,22). The van der Waals surface area contributed by atoms with Crippen molar-refractivity contribution < 1.29 is 14.3 Å². The monoisotopic (exact) mass is 361 g/mol. The van der Waals surface area contributed by atoms with E-state index in [0.717, 1.165) is 12.8 Å². The van der Waals surface area contributed by atoms with Gasteiger partial charge in [0.05, 0.1) is 12.2 Å². The Bertz CT molecular complexity index is 608. The van der Waals surface area contributed by atoms with Crippen LogP contribution in [0.25, 0.3) is 0 Å². The van der Waals surface area contributed by atoms with Crippen molar-refractivity contribution in [3.05, 3.63) is 18.0 Å². The summed E-state index contributed by atoms with van der Waals surface area (Å²) in [4.78, 5) is 34.3. The molecule has 1 aliphatic carbocycles. The van der Waals surface area contributed by atoms with Crippen molar-refractivity contribution in [3.63, 3.8) is 0 Å². The fourth-order valence-corrected chi connectivity index (χ4v) is 3.46. The summed E-state index contributed by atoms with van der Waals surface area (Å²) in [6.07, 6.45) is 9.06. The molecule has 2 heterocycles. The van der Waals surface area contributed by atoms with Crippen LogP contribution in [0, 0.1) is 0 Å². The van der Waals surface area contributed by atoms with E-state index in [1.165, 1.54) is 12.8 Å². The number of likely N-dealkylation sites (tertiary alicyclic amines) is 1. The lowest BCUT2D eigenvalue weighted by Gasteiger charge is -2.31. The number of piperidine rings is 1. The van der Waals surface area contributed by atoms with Crippen LogP contribution in [0.5, 0.6) is 0 Å². The minimum absolute atomic E-state index is 0.0458. The zero-order valence-electron chi connectivity index (χ0n) is 15.2. The van der Waals surface area contributed by atoms with Crippen LogP contribution < -0.4 is 10.6 Å². The van der Waals surface area contributed by atoms with Gasteiger partial charge in [-0.25, -0.2) is 14.8 Å². The van der Waals surface area contributed by atoms with Crippen LogP contribution in [0.1, 0.15) is 55.8 Å². The fraction of sp³-hybridized carbons (Fsp3) is 0.667. The van der Waals surface area contributed by atoms with E-state index in [9.17, 15) is 9.59 Å². The molecule has 2 fully saturated rings. The number of carbonyl (C=O) groups excluding carboxylic acids is 2. The van der Waals surface area contributed by atoms with E-state index in [1.54, 1.807) is 24.2 Å². The normalized spacial score (nSPS) is 18.6. The third-order valence-corrected chi connectivity index (χ3v) is 4.96. The Kier molecular flexibility index (Phi) is 6.25. The number of hydrogen-bond acceptors (Lipinski definition) is 6. The molecule has 0 aromatic carbocycles. The van der Waals surface area contributed by atoms with E-state index in [0.29, 0.717) is 50.1 Å². The van der Waals surface area contributed by atoms with Gasteiger partial charge < -0.3 is 20.3 Å². The first-order chi connectivity index (χ1) is 12.7. The Morgan fingerprint density at radius 1 is 1.12 bits per heavy atom. The number of nitrogens with one attached hydrogen (secondary N) is 2. The fourth-order valence-electron chi connectivity index (χ4n) is 3.46. The predicted molar refractivity (Wildman–Crippen MR) is 97.0 cm³/mol. The van der Waals surface area contributed by atoms with Gasteiger partial charge in [0.15, 0.2) is 0 Å². The van der Waals surface area contributed by atoms with Gasteiger partial charge in [-0.05, 0) is 32.6 Å². The van der Waals surface area contributed by atoms with E-state index >= 15 is 0 Å². The lowest BCUT2D eigenvalue weighted by atomic mass is 10.1. The smallest absolute Gasteiger partial charge is 0.409 e. The first-order valence-corrected chi connectivity index (χ1v) is 9.47. The quantitative estimate of drug-likeness (QED) is 0.834. The van der Waals surface area contributed by atoms with Crippen LogP contribution in [0.4, 0.5) is 10.7 Å². The van der Waals surface area contributed by atoms with Gasteiger partial charge in [-0.1, -0.05) is 12.8 Å². The van der Waals surface area contributed by atoms with Crippen LogP contribution in [-0.4, -0.2) is 58.6 Å². The highest BCUT2D eigenvalue weighted by Crippen LogP contribution is 2.20. The Labute approximate surface area is 153 Å². The van der Waals surface area contributed by atoms with Crippen molar-refractivity contribution in [2.45, 2.75) is 57.5 Å². The number of nitrogens with zero attached hydrogens (tertiary/aromatic N) is 3. The number of amides is 2. The summed E-state index contributed by atoms with van der Waals surface area (Å²) in [5.74, 6) is 0.406. The molecule has 0 unspecified atom stereocenters. The Morgan fingerprint density at radius 2 is 1.77 bits per heavy atom. The lowest BCUT2D eigenvalue weighted by Crippen LogP contribution is -2.46. The van der Waals surface area contributed by atoms with Crippen LogP contribution in [0.15, 0.2) is 12.4 Å². The number of carbonyl (C=O) groups is 2. The molecule has 3 rings (SSSR count). The van der Waals surface area contributed by atoms with Crippen LogP contribution in [-0.2, 0) is 4.74 Å². The van der Waals surface area contributed by atoms with Gasteiger partial charge >= 0.3 is 6.09 Å². The molecule has 2 aliphatic rings. The van der Waals surface area contributed by atoms with Gasteiger partial charge in [0, 0.05) is 37.6 Å². The molecule has 0 atom stereocenters. The number of aromatic nitrogens is 2. The highest BCUT2D eigenvalue weighted by Gasteiger charge is 2.25. The number of rotatable bonds is 5. The topological polar surface area (TPSA) is 96.5 Å². The molecule has 1 aromatic rings. The maximum atomic E-state index is 12.4. The summed E-state index contributed by atoms with van der Waals surface area (Å²) in [7, 11) is 0. The summed E-state index contributed by atoms with van der Waals surface area (Å²) in [6, 6.07) is 0.490. The summed E-state index contributed by atoms with van der Waals surface area (Å²) < 4.78 is 5.00. The molecule has 0 spiro atoms. The largest absolute Gasteiger partial charge is 0.450 e. The van der Waals surface area contributed by atoms with Gasteiger partial charge in [0.1, 0.15) is 0 Å². The molecule has 8 nitrogen and oxygen atoms in total. The second kappa shape index (κ2) is 8.82. The number of ether oxygens (including phenoxy) is 1. The second-order valence-electron chi connectivity index (χ2n) is 6.85. The molecule has 0 bridgehead atoms. The molecule has 26 heavy (non-hydrogen) atoms. The van der Waals surface area contributed by atoms with Crippen molar-refractivity contribution in [2.75, 3.05) is 25.0 Å². The zero-order chi connectivity index (χ0) is 18.4.